The molecule has 1 fully saturated rings. The standard InChI is InChI=1S/C24H25N3O4/c1-24(19-8-10-20(31-2)11-9-19)22(29)27(23(30)25-24)16-21(28)26-14-12-18(13-15-26)17-6-4-3-5-7-17/h3-12H,13-16H2,1-2H3,(H,25,30)/t24-/m0/s1. The number of hydrogen-bond acceptors (Lipinski definition) is 4. The van der Waals surface area contributed by atoms with E-state index in [1.807, 2.05) is 24.3 Å². The molecule has 0 bridgehead atoms. The van der Waals surface area contributed by atoms with Crippen molar-refractivity contribution in [2.75, 3.05) is 26.7 Å². The molecule has 2 aliphatic rings. The molecule has 7 heteroatoms. The van der Waals surface area contributed by atoms with Crippen molar-refractivity contribution in [1.29, 1.82) is 0 Å². The van der Waals surface area contributed by atoms with Crippen LogP contribution in [-0.4, -0.2) is 54.4 Å². The van der Waals surface area contributed by atoms with Gasteiger partial charge in [-0.15, -0.1) is 0 Å². The van der Waals surface area contributed by atoms with E-state index in [9.17, 15) is 14.4 Å². The lowest BCUT2D eigenvalue weighted by Gasteiger charge is -2.28. The average molecular weight is 419 g/mol. The number of amides is 4. The molecule has 0 radical (unpaired) electrons. The van der Waals surface area contributed by atoms with Crippen molar-refractivity contribution in [3.63, 3.8) is 0 Å². The van der Waals surface area contributed by atoms with Gasteiger partial charge >= 0.3 is 6.03 Å². The van der Waals surface area contributed by atoms with Gasteiger partial charge in [-0.3, -0.25) is 14.5 Å². The molecule has 0 saturated carbocycles. The Labute approximate surface area is 181 Å². The molecular weight excluding hydrogens is 394 g/mol. The van der Waals surface area contributed by atoms with Crippen molar-refractivity contribution in [2.45, 2.75) is 18.9 Å². The number of nitrogens with one attached hydrogen (secondary N) is 1. The monoisotopic (exact) mass is 419 g/mol. The zero-order valence-electron chi connectivity index (χ0n) is 17.6. The second-order valence-corrected chi connectivity index (χ2v) is 7.86. The van der Waals surface area contributed by atoms with Crippen molar-refractivity contribution >= 4 is 23.4 Å². The second-order valence-electron chi connectivity index (χ2n) is 7.86. The number of rotatable bonds is 5. The van der Waals surface area contributed by atoms with E-state index in [4.69, 9.17) is 4.74 Å². The van der Waals surface area contributed by atoms with Gasteiger partial charge in [0.15, 0.2) is 0 Å². The van der Waals surface area contributed by atoms with Crippen LogP contribution in [-0.2, 0) is 15.1 Å². The van der Waals surface area contributed by atoms with Crippen LogP contribution in [0.4, 0.5) is 4.79 Å². The molecule has 0 aliphatic carbocycles. The van der Waals surface area contributed by atoms with Crippen LogP contribution in [0, 0.1) is 0 Å². The fraction of sp³-hybridized carbons (Fsp3) is 0.292. The van der Waals surface area contributed by atoms with Gasteiger partial charge in [-0.2, -0.15) is 0 Å². The first kappa shape index (κ1) is 20.7. The van der Waals surface area contributed by atoms with Gasteiger partial charge in [-0.25, -0.2) is 4.79 Å². The summed E-state index contributed by atoms with van der Waals surface area (Å²) >= 11 is 0. The lowest BCUT2D eigenvalue weighted by atomic mass is 9.92. The first-order valence-electron chi connectivity index (χ1n) is 10.2. The fourth-order valence-electron chi connectivity index (χ4n) is 4.01. The molecule has 0 spiro atoms. The van der Waals surface area contributed by atoms with Crippen molar-refractivity contribution in [2.24, 2.45) is 0 Å². The summed E-state index contributed by atoms with van der Waals surface area (Å²) in [6.45, 7) is 2.39. The Morgan fingerprint density at radius 1 is 1.10 bits per heavy atom. The molecule has 2 aromatic carbocycles. The maximum atomic E-state index is 13.1. The van der Waals surface area contributed by atoms with Crippen LogP contribution in [0.1, 0.15) is 24.5 Å². The number of imide groups is 1. The minimum absolute atomic E-state index is 0.245. The van der Waals surface area contributed by atoms with E-state index >= 15 is 0 Å². The average Bonchev–Trinajstić information content (AvgIpc) is 3.03. The second kappa shape index (κ2) is 8.26. The Morgan fingerprint density at radius 3 is 2.42 bits per heavy atom. The molecule has 2 aliphatic heterocycles. The molecule has 160 valence electrons. The number of methoxy groups -OCH3 is 1. The van der Waals surface area contributed by atoms with Gasteiger partial charge in [0.1, 0.15) is 17.8 Å². The zero-order chi connectivity index (χ0) is 22.0. The lowest BCUT2D eigenvalue weighted by molar-refractivity contribution is -0.138. The van der Waals surface area contributed by atoms with E-state index < -0.39 is 17.5 Å². The van der Waals surface area contributed by atoms with Gasteiger partial charge in [-0.05, 0) is 42.2 Å². The third-order valence-electron chi connectivity index (χ3n) is 5.94. The Balaban J connectivity index is 1.43. The predicted molar refractivity (Wildman–Crippen MR) is 116 cm³/mol. The van der Waals surface area contributed by atoms with Crippen LogP contribution in [0.3, 0.4) is 0 Å². The molecule has 31 heavy (non-hydrogen) atoms. The van der Waals surface area contributed by atoms with Crippen molar-refractivity contribution < 1.29 is 19.1 Å². The topological polar surface area (TPSA) is 79.0 Å². The quantitative estimate of drug-likeness (QED) is 0.756. The van der Waals surface area contributed by atoms with Crippen LogP contribution >= 0.6 is 0 Å². The molecular formula is C24H25N3O4. The Hall–Kier alpha value is -3.61. The highest BCUT2D eigenvalue weighted by Crippen LogP contribution is 2.30. The van der Waals surface area contributed by atoms with Gasteiger partial charge in [0, 0.05) is 13.1 Å². The molecule has 0 unspecified atom stereocenters. The summed E-state index contributed by atoms with van der Waals surface area (Å²) in [4.78, 5) is 41.1. The number of nitrogens with zero attached hydrogens (tertiary/aromatic N) is 2. The Bertz CT molecular complexity index is 1030. The smallest absolute Gasteiger partial charge is 0.325 e. The Morgan fingerprint density at radius 2 is 1.81 bits per heavy atom. The first-order chi connectivity index (χ1) is 14.9. The highest BCUT2D eigenvalue weighted by molar-refractivity contribution is 6.09. The predicted octanol–water partition coefficient (Wildman–Crippen LogP) is 2.78. The van der Waals surface area contributed by atoms with Gasteiger partial charge < -0.3 is 15.0 Å². The number of benzene rings is 2. The third-order valence-corrected chi connectivity index (χ3v) is 5.94. The van der Waals surface area contributed by atoms with Crippen LogP contribution in [0.2, 0.25) is 0 Å². The molecule has 2 heterocycles. The molecule has 4 rings (SSSR count). The van der Waals surface area contributed by atoms with Crippen molar-refractivity contribution in [1.82, 2.24) is 15.1 Å². The lowest BCUT2D eigenvalue weighted by Crippen LogP contribution is -2.45. The largest absolute Gasteiger partial charge is 0.497 e. The number of carbonyl (C=O) groups excluding carboxylic acids is 3. The number of ether oxygens (including phenoxy) is 1. The van der Waals surface area contributed by atoms with Gasteiger partial charge in [0.05, 0.1) is 7.11 Å². The van der Waals surface area contributed by atoms with Crippen LogP contribution in [0.15, 0.2) is 60.7 Å². The summed E-state index contributed by atoms with van der Waals surface area (Å²) in [6, 6.07) is 16.4. The maximum Gasteiger partial charge on any atom is 0.325 e. The molecule has 2 aromatic rings. The zero-order valence-corrected chi connectivity index (χ0v) is 17.6. The minimum Gasteiger partial charge on any atom is -0.497 e. The van der Waals surface area contributed by atoms with E-state index in [-0.39, 0.29) is 12.5 Å². The molecule has 7 nitrogen and oxygen atoms in total. The van der Waals surface area contributed by atoms with E-state index in [1.165, 1.54) is 5.57 Å². The van der Waals surface area contributed by atoms with E-state index in [2.05, 4.69) is 17.4 Å². The van der Waals surface area contributed by atoms with E-state index in [1.54, 1.807) is 43.2 Å². The Kier molecular flexibility index (Phi) is 5.50. The highest BCUT2D eigenvalue weighted by Gasteiger charge is 2.49. The van der Waals surface area contributed by atoms with Crippen LogP contribution in [0.5, 0.6) is 5.75 Å². The van der Waals surface area contributed by atoms with Gasteiger partial charge in [-0.1, -0.05) is 48.5 Å². The number of carbonyl (C=O) groups is 3. The molecule has 1 atom stereocenters. The summed E-state index contributed by atoms with van der Waals surface area (Å²) in [5.41, 5.74) is 1.77. The first-order valence-corrected chi connectivity index (χ1v) is 10.2. The molecule has 1 saturated heterocycles. The summed E-state index contributed by atoms with van der Waals surface area (Å²) in [5.74, 6) is -0.0245. The summed E-state index contributed by atoms with van der Waals surface area (Å²) in [6.07, 6.45) is 2.77. The van der Waals surface area contributed by atoms with E-state index in [0.29, 0.717) is 24.4 Å². The minimum atomic E-state index is -1.22. The van der Waals surface area contributed by atoms with Crippen molar-refractivity contribution in [3.05, 3.63) is 71.8 Å². The molecule has 1 N–H and O–H groups in total. The van der Waals surface area contributed by atoms with Gasteiger partial charge in [0.25, 0.3) is 5.91 Å². The van der Waals surface area contributed by atoms with Gasteiger partial charge in [0.2, 0.25) is 5.91 Å². The SMILES string of the molecule is COc1ccc([C@]2(C)NC(=O)N(CC(=O)N3CC=C(c4ccccc4)CC3)C2=O)cc1. The highest BCUT2D eigenvalue weighted by atomic mass is 16.5. The summed E-state index contributed by atoms with van der Waals surface area (Å²) in [7, 11) is 1.56. The number of hydrogen-bond donors (Lipinski definition) is 1. The summed E-state index contributed by atoms with van der Waals surface area (Å²) in [5, 5.41) is 2.73. The number of urea groups is 1. The normalized spacial score (nSPS) is 21.0. The van der Waals surface area contributed by atoms with E-state index in [0.717, 1.165) is 16.9 Å². The maximum absolute atomic E-state index is 13.1. The van der Waals surface area contributed by atoms with Crippen LogP contribution < -0.4 is 10.1 Å². The summed E-state index contributed by atoms with van der Waals surface area (Å²) < 4.78 is 5.15. The molecule has 4 amide bonds. The molecule has 0 aromatic heterocycles. The van der Waals surface area contributed by atoms with Crippen LogP contribution in [0.25, 0.3) is 5.57 Å². The van der Waals surface area contributed by atoms with Crippen molar-refractivity contribution in [3.8, 4) is 5.75 Å². The third kappa shape index (κ3) is 3.91. The fourth-order valence-corrected chi connectivity index (χ4v) is 4.01.